The fourth-order valence-corrected chi connectivity index (χ4v) is 2.20. The summed E-state index contributed by atoms with van der Waals surface area (Å²) in [5.41, 5.74) is 12.2. The lowest BCUT2D eigenvalue weighted by Gasteiger charge is -2.18. The topological polar surface area (TPSA) is 122 Å². The molecule has 9 heteroatoms. The van der Waals surface area contributed by atoms with Gasteiger partial charge in [0.05, 0.1) is 6.04 Å². The zero-order chi connectivity index (χ0) is 16.4. The second kappa shape index (κ2) is 14.5. The molecular formula is C15H28BCl2N3O3. The summed E-state index contributed by atoms with van der Waals surface area (Å²) in [7, 11) is -1.49. The van der Waals surface area contributed by atoms with Crippen molar-refractivity contribution in [2.24, 2.45) is 11.5 Å². The molecule has 138 valence electrons. The average Bonchev–Trinajstić information content (AvgIpc) is 2.51. The molecule has 0 unspecified atom stereocenters. The van der Waals surface area contributed by atoms with Crippen LogP contribution in [-0.2, 0) is 11.2 Å². The Labute approximate surface area is 156 Å². The first kappa shape index (κ1) is 25.4. The highest BCUT2D eigenvalue weighted by atomic mass is 35.5. The number of carbonyl (C=O) groups is 1. The summed E-state index contributed by atoms with van der Waals surface area (Å²) in [4.78, 5) is 11.9. The Hall–Kier alpha value is -0.825. The molecule has 7 N–H and O–H groups in total. The monoisotopic (exact) mass is 379 g/mol. The minimum Gasteiger partial charge on any atom is -0.427 e. The SMILES string of the molecule is Cl.Cl.NCCCC[C@@H](N)C(=O)NC[C@@H](Cc1ccccc1)B(O)O. The number of halogens is 2. The van der Waals surface area contributed by atoms with Crippen molar-refractivity contribution in [3.63, 3.8) is 0 Å². The van der Waals surface area contributed by atoms with Gasteiger partial charge in [-0.1, -0.05) is 36.8 Å². The Morgan fingerprint density at radius 1 is 1.17 bits per heavy atom. The summed E-state index contributed by atoms with van der Waals surface area (Å²) in [6.45, 7) is 0.764. The Morgan fingerprint density at radius 2 is 1.79 bits per heavy atom. The second-order valence-electron chi connectivity index (χ2n) is 5.50. The van der Waals surface area contributed by atoms with Gasteiger partial charge in [-0.3, -0.25) is 4.79 Å². The molecule has 6 nitrogen and oxygen atoms in total. The molecule has 0 aliphatic rings. The molecule has 0 fully saturated rings. The van der Waals surface area contributed by atoms with Crippen LogP contribution in [-0.4, -0.2) is 42.2 Å². The van der Waals surface area contributed by atoms with Gasteiger partial charge in [0.15, 0.2) is 0 Å². The maximum atomic E-state index is 11.9. The molecule has 2 atom stereocenters. The van der Waals surface area contributed by atoms with Crippen molar-refractivity contribution in [1.82, 2.24) is 5.32 Å². The summed E-state index contributed by atoms with van der Waals surface area (Å²) < 4.78 is 0. The van der Waals surface area contributed by atoms with E-state index in [0.717, 1.165) is 18.4 Å². The van der Waals surface area contributed by atoms with Gasteiger partial charge >= 0.3 is 7.12 Å². The lowest BCUT2D eigenvalue weighted by atomic mass is 9.69. The van der Waals surface area contributed by atoms with Gasteiger partial charge in [-0.2, -0.15) is 0 Å². The summed E-state index contributed by atoms with van der Waals surface area (Å²) in [5.74, 6) is -0.738. The molecule has 0 saturated heterocycles. The van der Waals surface area contributed by atoms with Crippen LogP contribution in [0.15, 0.2) is 30.3 Å². The van der Waals surface area contributed by atoms with E-state index in [1.54, 1.807) is 0 Å². The van der Waals surface area contributed by atoms with E-state index >= 15 is 0 Å². The molecule has 0 radical (unpaired) electrons. The van der Waals surface area contributed by atoms with Gasteiger partial charge in [0.25, 0.3) is 0 Å². The van der Waals surface area contributed by atoms with Crippen LogP contribution in [0.2, 0.25) is 5.82 Å². The van der Waals surface area contributed by atoms with E-state index in [-0.39, 0.29) is 37.3 Å². The summed E-state index contributed by atoms with van der Waals surface area (Å²) >= 11 is 0. The van der Waals surface area contributed by atoms with Gasteiger partial charge in [-0.25, -0.2) is 0 Å². The van der Waals surface area contributed by atoms with Crippen molar-refractivity contribution in [1.29, 1.82) is 0 Å². The van der Waals surface area contributed by atoms with Crippen LogP contribution in [0.1, 0.15) is 24.8 Å². The average molecular weight is 380 g/mol. The number of unbranched alkanes of at least 4 members (excludes halogenated alkanes) is 1. The maximum absolute atomic E-state index is 11.9. The van der Waals surface area contributed by atoms with Gasteiger partial charge in [0, 0.05) is 12.4 Å². The standard InChI is InChI=1S/C15H26BN3O3.2ClH/c17-9-5-4-8-14(18)15(20)19-11-13(16(21)22)10-12-6-2-1-3-7-12;;/h1-3,6-7,13-14,21-22H,4-5,8-11,17-18H2,(H,19,20);2*1H/t13-,14-;;/m1../s1. The summed E-state index contributed by atoms with van der Waals surface area (Å²) in [6.07, 6.45) is 2.70. The highest BCUT2D eigenvalue weighted by Crippen LogP contribution is 2.14. The van der Waals surface area contributed by atoms with Crippen molar-refractivity contribution >= 4 is 37.8 Å². The Morgan fingerprint density at radius 3 is 2.33 bits per heavy atom. The van der Waals surface area contributed by atoms with Crippen LogP contribution in [0.3, 0.4) is 0 Å². The lowest BCUT2D eigenvalue weighted by molar-refractivity contribution is -0.122. The first-order chi connectivity index (χ1) is 10.5. The van der Waals surface area contributed by atoms with Crippen LogP contribution in [0.4, 0.5) is 0 Å². The normalized spacial score (nSPS) is 12.3. The number of nitrogens with one attached hydrogen (secondary N) is 1. The number of benzene rings is 1. The zero-order valence-electron chi connectivity index (χ0n) is 13.6. The number of amides is 1. The van der Waals surface area contributed by atoms with Gasteiger partial charge in [0.2, 0.25) is 5.91 Å². The smallest absolute Gasteiger partial charge is 0.427 e. The first-order valence-electron chi connectivity index (χ1n) is 7.68. The molecule has 0 spiro atoms. The predicted octanol–water partition coefficient (Wildman–Crippen LogP) is 0.488. The van der Waals surface area contributed by atoms with Crippen molar-refractivity contribution in [2.45, 2.75) is 37.5 Å². The molecule has 0 heterocycles. The number of hydrogen-bond donors (Lipinski definition) is 5. The third kappa shape index (κ3) is 10.1. The number of rotatable bonds is 10. The second-order valence-corrected chi connectivity index (χ2v) is 5.50. The van der Waals surface area contributed by atoms with Crippen LogP contribution >= 0.6 is 24.8 Å². The number of carbonyl (C=O) groups excluding carboxylic acids is 1. The zero-order valence-corrected chi connectivity index (χ0v) is 15.3. The maximum Gasteiger partial charge on any atom is 0.456 e. The van der Waals surface area contributed by atoms with Gasteiger partial charge < -0.3 is 26.8 Å². The van der Waals surface area contributed by atoms with E-state index in [2.05, 4.69) is 5.32 Å². The minimum atomic E-state index is -1.49. The van der Waals surface area contributed by atoms with Gasteiger partial charge in [-0.05, 0) is 31.4 Å². The number of hydrogen-bond acceptors (Lipinski definition) is 5. The lowest BCUT2D eigenvalue weighted by Crippen LogP contribution is -2.43. The number of nitrogens with two attached hydrogens (primary N) is 2. The van der Waals surface area contributed by atoms with E-state index in [0.29, 0.717) is 19.4 Å². The minimum absolute atomic E-state index is 0. The molecule has 1 amide bonds. The predicted molar refractivity (Wildman–Crippen MR) is 102 cm³/mol. The van der Waals surface area contributed by atoms with Gasteiger partial charge in [0.1, 0.15) is 0 Å². The molecule has 0 aliphatic carbocycles. The molecule has 24 heavy (non-hydrogen) atoms. The van der Waals surface area contributed by atoms with E-state index < -0.39 is 19.0 Å². The Kier molecular flexibility index (Phi) is 15.4. The first-order valence-corrected chi connectivity index (χ1v) is 7.68. The van der Waals surface area contributed by atoms with E-state index in [4.69, 9.17) is 11.5 Å². The Bertz CT molecular complexity index is 441. The largest absolute Gasteiger partial charge is 0.456 e. The van der Waals surface area contributed by atoms with Gasteiger partial charge in [-0.15, -0.1) is 24.8 Å². The third-order valence-electron chi connectivity index (χ3n) is 3.61. The van der Waals surface area contributed by atoms with Crippen molar-refractivity contribution in [2.75, 3.05) is 13.1 Å². The fourth-order valence-electron chi connectivity index (χ4n) is 2.20. The molecule has 1 rings (SSSR count). The third-order valence-corrected chi connectivity index (χ3v) is 3.61. The molecule has 1 aromatic rings. The highest BCUT2D eigenvalue weighted by Gasteiger charge is 2.25. The van der Waals surface area contributed by atoms with Crippen LogP contribution in [0.5, 0.6) is 0 Å². The Balaban J connectivity index is 0. The van der Waals surface area contributed by atoms with Crippen LogP contribution in [0.25, 0.3) is 0 Å². The van der Waals surface area contributed by atoms with Crippen molar-refractivity contribution < 1.29 is 14.8 Å². The van der Waals surface area contributed by atoms with E-state index in [1.165, 1.54) is 0 Å². The molecular weight excluding hydrogens is 352 g/mol. The van der Waals surface area contributed by atoms with Crippen LogP contribution < -0.4 is 16.8 Å². The molecule has 0 bridgehead atoms. The van der Waals surface area contributed by atoms with E-state index in [1.807, 2.05) is 30.3 Å². The van der Waals surface area contributed by atoms with Crippen molar-refractivity contribution in [3.05, 3.63) is 35.9 Å². The summed E-state index contributed by atoms with van der Waals surface area (Å²) in [6, 6.07) is 8.92. The summed E-state index contributed by atoms with van der Waals surface area (Å²) in [5, 5.41) is 21.6. The highest BCUT2D eigenvalue weighted by molar-refractivity contribution is 6.43. The molecule has 1 aromatic carbocycles. The van der Waals surface area contributed by atoms with E-state index in [9.17, 15) is 14.8 Å². The van der Waals surface area contributed by atoms with Crippen molar-refractivity contribution in [3.8, 4) is 0 Å². The quantitative estimate of drug-likeness (QED) is 0.299. The molecule has 0 aromatic heterocycles. The molecule has 0 aliphatic heterocycles. The van der Waals surface area contributed by atoms with Crippen LogP contribution in [0, 0.1) is 0 Å². The fraction of sp³-hybridized carbons (Fsp3) is 0.533. The molecule has 0 saturated carbocycles.